The second-order valence-corrected chi connectivity index (χ2v) is 4.51. The molecule has 1 amide bonds. The smallest absolute Gasteiger partial charge is 0.265 e. The number of ether oxygens (including phenoxy) is 1. The molecule has 0 saturated heterocycles. The summed E-state index contributed by atoms with van der Waals surface area (Å²) in [5.41, 5.74) is 0.654. The van der Waals surface area contributed by atoms with Crippen LogP contribution in [0.15, 0.2) is 54.6 Å². The Morgan fingerprint density at radius 2 is 1.89 bits per heavy atom. The molecule has 0 aromatic heterocycles. The number of hydrogen-bond acceptors (Lipinski definition) is 2. The van der Waals surface area contributed by atoms with E-state index < -0.39 is 6.10 Å². The van der Waals surface area contributed by atoms with Crippen molar-refractivity contribution in [2.75, 3.05) is 5.32 Å². The summed E-state index contributed by atoms with van der Waals surface area (Å²) < 4.78 is 5.53. The maximum Gasteiger partial charge on any atom is 0.265 e. The van der Waals surface area contributed by atoms with Crippen LogP contribution in [0.1, 0.15) is 6.92 Å². The lowest BCUT2D eigenvalue weighted by Crippen LogP contribution is -2.30. The van der Waals surface area contributed by atoms with Crippen molar-refractivity contribution in [1.29, 1.82) is 0 Å². The van der Waals surface area contributed by atoms with Crippen LogP contribution in [0.4, 0.5) is 5.69 Å². The van der Waals surface area contributed by atoms with Crippen molar-refractivity contribution >= 4 is 23.2 Å². The molecule has 0 aliphatic rings. The Kier molecular flexibility index (Phi) is 4.42. The first-order valence-electron chi connectivity index (χ1n) is 5.93. The molecule has 0 spiro atoms. The average Bonchev–Trinajstić information content (AvgIpc) is 2.40. The topological polar surface area (TPSA) is 38.3 Å². The number of halogens is 1. The fraction of sp³-hybridized carbons (Fsp3) is 0.133. The maximum atomic E-state index is 11.9. The molecule has 0 saturated carbocycles. The van der Waals surface area contributed by atoms with Gasteiger partial charge in [-0.1, -0.05) is 35.9 Å². The number of para-hydroxylation sites is 1. The van der Waals surface area contributed by atoms with Crippen LogP contribution in [-0.2, 0) is 4.79 Å². The SMILES string of the molecule is CC(Oc1ccccc1)C(=O)Nc1cccc(Cl)c1. The number of carbonyl (C=O) groups excluding carboxylic acids is 1. The molecule has 0 fully saturated rings. The van der Waals surface area contributed by atoms with E-state index in [4.69, 9.17) is 16.3 Å². The molecule has 1 atom stereocenters. The van der Waals surface area contributed by atoms with E-state index in [-0.39, 0.29) is 5.91 Å². The van der Waals surface area contributed by atoms with Gasteiger partial charge in [0.05, 0.1) is 0 Å². The van der Waals surface area contributed by atoms with Crippen LogP contribution in [0.2, 0.25) is 5.02 Å². The van der Waals surface area contributed by atoms with Crippen LogP contribution in [0.3, 0.4) is 0 Å². The van der Waals surface area contributed by atoms with Crippen molar-refractivity contribution < 1.29 is 9.53 Å². The van der Waals surface area contributed by atoms with Gasteiger partial charge in [0.1, 0.15) is 5.75 Å². The van der Waals surface area contributed by atoms with Crippen molar-refractivity contribution in [3.05, 3.63) is 59.6 Å². The monoisotopic (exact) mass is 275 g/mol. The van der Waals surface area contributed by atoms with Crippen LogP contribution in [-0.4, -0.2) is 12.0 Å². The molecule has 1 N–H and O–H groups in total. The lowest BCUT2D eigenvalue weighted by molar-refractivity contribution is -0.122. The zero-order valence-corrected chi connectivity index (χ0v) is 11.2. The minimum absolute atomic E-state index is 0.217. The van der Waals surface area contributed by atoms with Crippen LogP contribution >= 0.6 is 11.6 Å². The Bertz CT molecular complexity index is 557. The predicted molar refractivity (Wildman–Crippen MR) is 76.6 cm³/mol. The first-order valence-corrected chi connectivity index (χ1v) is 6.31. The molecule has 2 aromatic carbocycles. The van der Waals surface area contributed by atoms with Gasteiger partial charge in [-0.3, -0.25) is 4.79 Å². The highest BCUT2D eigenvalue weighted by Crippen LogP contribution is 2.16. The molecule has 0 bridgehead atoms. The van der Waals surface area contributed by atoms with Crippen molar-refractivity contribution in [1.82, 2.24) is 0 Å². The molecule has 3 nitrogen and oxygen atoms in total. The van der Waals surface area contributed by atoms with Crippen molar-refractivity contribution in [2.45, 2.75) is 13.0 Å². The fourth-order valence-electron chi connectivity index (χ4n) is 1.57. The van der Waals surface area contributed by atoms with Crippen molar-refractivity contribution in [3.63, 3.8) is 0 Å². The summed E-state index contributed by atoms with van der Waals surface area (Å²) >= 11 is 5.86. The summed E-state index contributed by atoms with van der Waals surface area (Å²) in [6.07, 6.45) is -0.582. The molecule has 0 heterocycles. The average molecular weight is 276 g/mol. The Labute approximate surface area is 117 Å². The van der Waals surface area contributed by atoms with Crippen LogP contribution in [0.5, 0.6) is 5.75 Å². The quantitative estimate of drug-likeness (QED) is 0.923. The van der Waals surface area contributed by atoms with Gasteiger partial charge in [-0.25, -0.2) is 0 Å². The summed E-state index contributed by atoms with van der Waals surface area (Å²) in [7, 11) is 0. The summed E-state index contributed by atoms with van der Waals surface area (Å²) in [6, 6.07) is 16.2. The molecule has 19 heavy (non-hydrogen) atoms. The summed E-state index contributed by atoms with van der Waals surface area (Å²) in [6.45, 7) is 1.70. The van der Waals surface area contributed by atoms with Crippen LogP contribution in [0, 0.1) is 0 Å². The zero-order chi connectivity index (χ0) is 13.7. The molecule has 0 radical (unpaired) electrons. The van der Waals surface area contributed by atoms with Gasteiger partial charge in [-0.2, -0.15) is 0 Å². The first-order chi connectivity index (χ1) is 9.15. The lowest BCUT2D eigenvalue weighted by Gasteiger charge is -2.14. The molecule has 1 unspecified atom stereocenters. The number of benzene rings is 2. The van der Waals surface area contributed by atoms with E-state index in [1.165, 1.54) is 0 Å². The highest BCUT2D eigenvalue weighted by Gasteiger charge is 2.14. The van der Waals surface area contributed by atoms with E-state index in [0.29, 0.717) is 16.5 Å². The highest BCUT2D eigenvalue weighted by molar-refractivity contribution is 6.30. The largest absolute Gasteiger partial charge is 0.481 e. The molecule has 98 valence electrons. The van der Waals surface area contributed by atoms with E-state index in [9.17, 15) is 4.79 Å². The van der Waals surface area contributed by atoms with Gasteiger partial charge in [-0.15, -0.1) is 0 Å². The Morgan fingerprint density at radius 3 is 2.58 bits per heavy atom. The number of rotatable bonds is 4. The Hall–Kier alpha value is -2.00. The molecule has 0 aliphatic carbocycles. The molecule has 4 heteroatoms. The molecule has 2 rings (SSSR count). The predicted octanol–water partition coefficient (Wildman–Crippen LogP) is 3.75. The third-order valence-electron chi connectivity index (χ3n) is 2.52. The van der Waals surface area contributed by atoms with E-state index in [1.807, 2.05) is 30.3 Å². The zero-order valence-electron chi connectivity index (χ0n) is 10.5. The minimum Gasteiger partial charge on any atom is -0.481 e. The third kappa shape index (κ3) is 4.00. The van der Waals surface area contributed by atoms with E-state index in [2.05, 4.69) is 5.32 Å². The van der Waals surface area contributed by atoms with Gasteiger partial charge in [0, 0.05) is 10.7 Å². The molecular formula is C15H14ClNO2. The standard InChI is InChI=1S/C15H14ClNO2/c1-11(19-14-8-3-2-4-9-14)15(18)17-13-7-5-6-12(16)10-13/h2-11H,1H3,(H,17,18). The second-order valence-electron chi connectivity index (χ2n) is 4.07. The Morgan fingerprint density at radius 1 is 1.16 bits per heavy atom. The number of carbonyl (C=O) groups is 1. The van der Waals surface area contributed by atoms with E-state index in [1.54, 1.807) is 31.2 Å². The highest BCUT2D eigenvalue weighted by atomic mass is 35.5. The molecule has 2 aromatic rings. The number of nitrogens with one attached hydrogen (secondary N) is 1. The molecular weight excluding hydrogens is 262 g/mol. The van der Waals surface area contributed by atoms with Crippen molar-refractivity contribution in [2.24, 2.45) is 0 Å². The Balaban J connectivity index is 1.96. The van der Waals surface area contributed by atoms with Gasteiger partial charge in [0.2, 0.25) is 0 Å². The van der Waals surface area contributed by atoms with E-state index in [0.717, 1.165) is 0 Å². The number of anilines is 1. The number of hydrogen-bond donors (Lipinski definition) is 1. The normalized spacial score (nSPS) is 11.7. The second kappa shape index (κ2) is 6.25. The lowest BCUT2D eigenvalue weighted by atomic mass is 10.3. The van der Waals surface area contributed by atoms with Gasteiger partial charge >= 0.3 is 0 Å². The van der Waals surface area contributed by atoms with Gasteiger partial charge < -0.3 is 10.1 Å². The fourth-order valence-corrected chi connectivity index (χ4v) is 1.76. The first kappa shape index (κ1) is 13.4. The van der Waals surface area contributed by atoms with Gasteiger partial charge in [-0.05, 0) is 37.3 Å². The summed E-state index contributed by atoms with van der Waals surface area (Å²) in [5.74, 6) is 0.447. The summed E-state index contributed by atoms with van der Waals surface area (Å²) in [5, 5.41) is 3.33. The van der Waals surface area contributed by atoms with E-state index >= 15 is 0 Å². The van der Waals surface area contributed by atoms with Crippen molar-refractivity contribution in [3.8, 4) is 5.75 Å². The molecule has 0 aliphatic heterocycles. The van der Waals surface area contributed by atoms with Crippen LogP contribution < -0.4 is 10.1 Å². The number of amides is 1. The minimum atomic E-state index is -0.582. The van der Waals surface area contributed by atoms with Crippen LogP contribution in [0.25, 0.3) is 0 Å². The van der Waals surface area contributed by atoms with Gasteiger partial charge in [0.15, 0.2) is 6.10 Å². The summed E-state index contributed by atoms with van der Waals surface area (Å²) in [4.78, 5) is 11.9. The maximum absolute atomic E-state index is 11.9. The van der Waals surface area contributed by atoms with Gasteiger partial charge in [0.25, 0.3) is 5.91 Å². The third-order valence-corrected chi connectivity index (χ3v) is 2.75.